The van der Waals surface area contributed by atoms with Gasteiger partial charge >= 0.3 is 18.0 Å². The zero-order valence-corrected chi connectivity index (χ0v) is 18.8. The molecule has 0 unspecified atom stereocenters. The Kier molecular flexibility index (Phi) is 9.19. The van der Waals surface area contributed by atoms with Crippen molar-refractivity contribution in [2.45, 2.75) is 38.5 Å². The molecule has 11 heteroatoms. The molecule has 1 aromatic rings. The number of carbonyl (C=O) groups excluding carboxylic acids is 5. The lowest BCUT2D eigenvalue weighted by Gasteiger charge is -2.29. The fourth-order valence-corrected chi connectivity index (χ4v) is 3.74. The van der Waals surface area contributed by atoms with Crippen LogP contribution in [0, 0.1) is 11.8 Å². The topological polar surface area (TPSA) is 154 Å². The molecule has 0 spiro atoms. The van der Waals surface area contributed by atoms with Crippen molar-refractivity contribution in [3.8, 4) is 0 Å². The second-order valence-corrected chi connectivity index (χ2v) is 7.66. The number of primary amides is 1. The standard InChI is InChI=1S/C22H29N3O8/c1-13(16(20(28)31-2)21(29)32-3)17(18(23)26)24-19(27)15-10-7-11-25(15)22(30)33-12-14-8-5-4-6-9-14/h4-6,8-9,13,15-17H,7,10-12H2,1-3H3,(H2,23,26)(H,24,27)/t13-,15-,17+/m1/s1. The summed E-state index contributed by atoms with van der Waals surface area (Å²) in [7, 11) is 2.17. The van der Waals surface area contributed by atoms with Crippen LogP contribution in [-0.4, -0.2) is 67.6 Å². The predicted molar refractivity (Wildman–Crippen MR) is 114 cm³/mol. The van der Waals surface area contributed by atoms with E-state index < -0.39 is 53.8 Å². The van der Waals surface area contributed by atoms with Crippen molar-refractivity contribution in [1.29, 1.82) is 0 Å². The zero-order chi connectivity index (χ0) is 24.5. The van der Waals surface area contributed by atoms with Gasteiger partial charge in [0.1, 0.15) is 18.7 Å². The number of benzene rings is 1. The molecule has 1 heterocycles. The molecular formula is C22H29N3O8. The van der Waals surface area contributed by atoms with E-state index in [1.54, 1.807) is 12.1 Å². The maximum atomic E-state index is 13.0. The van der Waals surface area contributed by atoms with Crippen LogP contribution in [-0.2, 0) is 40.0 Å². The maximum Gasteiger partial charge on any atom is 0.410 e. The lowest BCUT2D eigenvalue weighted by molar-refractivity contribution is -0.162. The Morgan fingerprint density at radius 3 is 2.24 bits per heavy atom. The van der Waals surface area contributed by atoms with E-state index in [0.717, 1.165) is 19.8 Å². The van der Waals surface area contributed by atoms with Crippen LogP contribution >= 0.6 is 0 Å². The van der Waals surface area contributed by atoms with Crippen LogP contribution in [0.2, 0.25) is 0 Å². The van der Waals surface area contributed by atoms with E-state index in [4.69, 9.17) is 10.5 Å². The summed E-state index contributed by atoms with van der Waals surface area (Å²) in [6, 6.07) is 6.80. The van der Waals surface area contributed by atoms with Crippen LogP contribution < -0.4 is 11.1 Å². The Labute approximate surface area is 191 Å². The lowest BCUT2D eigenvalue weighted by Crippen LogP contribution is -2.56. The number of esters is 2. The fraction of sp³-hybridized carbons (Fsp3) is 0.500. The summed E-state index contributed by atoms with van der Waals surface area (Å²) in [5, 5.41) is 2.48. The molecule has 3 atom stereocenters. The highest BCUT2D eigenvalue weighted by Crippen LogP contribution is 2.22. The minimum atomic E-state index is -1.48. The normalized spacial score (nSPS) is 17.1. The second kappa shape index (κ2) is 11.8. The molecule has 2 rings (SSSR count). The number of nitrogens with zero attached hydrogens (tertiary/aromatic N) is 1. The highest BCUT2D eigenvalue weighted by atomic mass is 16.6. The van der Waals surface area contributed by atoms with E-state index >= 15 is 0 Å². The van der Waals surface area contributed by atoms with Crippen LogP contribution in [0.4, 0.5) is 4.79 Å². The average molecular weight is 463 g/mol. The predicted octanol–water partition coefficient (Wildman–Crippen LogP) is 0.356. The highest BCUT2D eigenvalue weighted by molar-refractivity contribution is 5.97. The molecular weight excluding hydrogens is 434 g/mol. The third kappa shape index (κ3) is 6.43. The molecule has 3 N–H and O–H groups in total. The fourth-order valence-electron chi connectivity index (χ4n) is 3.74. The molecule has 1 saturated heterocycles. The first-order valence-electron chi connectivity index (χ1n) is 10.4. The monoisotopic (exact) mass is 463 g/mol. The van der Waals surface area contributed by atoms with Crippen molar-refractivity contribution in [1.82, 2.24) is 10.2 Å². The van der Waals surface area contributed by atoms with Gasteiger partial charge in [-0.1, -0.05) is 37.3 Å². The molecule has 3 amide bonds. The number of ether oxygens (including phenoxy) is 3. The minimum absolute atomic E-state index is 0.0470. The van der Waals surface area contributed by atoms with E-state index in [1.807, 2.05) is 18.2 Å². The molecule has 1 aromatic carbocycles. The average Bonchev–Trinajstić information content (AvgIpc) is 3.31. The minimum Gasteiger partial charge on any atom is -0.468 e. The molecule has 0 aliphatic carbocycles. The third-order valence-corrected chi connectivity index (χ3v) is 5.56. The second-order valence-electron chi connectivity index (χ2n) is 7.66. The SMILES string of the molecule is COC(=O)C(C(=O)OC)[C@@H](C)[C@H](NC(=O)[C@H]1CCCN1C(=O)OCc1ccccc1)C(N)=O. The van der Waals surface area contributed by atoms with Gasteiger partial charge in [-0.3, -0.25) is 24.1 Å². The Hall–Kier alpha value is -3.63. The van der Waals surface area contributed by atoms with E-state index in [-0.39, 0.29) is 6.61 Å². The number of hydrogen-bond donors (Lipinski definition) is 2. The van der Waals surface area contributed by atoms with Gasteiger partial charge < -0.3 is 25.3 Å². The number of nitrogens with two attached hydrogens (primary N) is 1. The summed E-state index contributed by atoms with van der Waals surface area (Å²) in [6.45, 7) is 1.75. The van der Waals surface area contributed by atoms with Gasteiger partial charge in [-0.25, -0.2) is 4.79 Å². The van der Waals surface area contributed by atoms with Crippen molar-refractivity contribution >= 4 is 29.8 Å². The summed E-state index contributed by atoms with van der Waals surface area (Å²) in [5.41, 5.74) is 6.25. The smallest absolute Gasteiger partial charge is 0.410 e. The summed E-state index contributed by atoms with van der Waals surface area (Å²) in [6.07, 6.45) is 0.244. The molecule has 0 bridgehead atoms. The molecule has 1 fully saturated rings. The summed E-state index contributed by atoms with van der Waals surface area (Å²) in [4.78, 5) is 63.1. The summed E-state index contributed by atoms with van der Waals surface area (Å²) >= 11 is 0. The summed E-state index contributed by atoms with van der Waals surface area (Å²) in [5.74, 6) is -6.00. The number of likely N-dealkylation sites (tertiary alicyclic amines) is 1. The number of rotatable bonds is 9. The Balaban J connectivity index is 2.10. The van der Waals surface area contributed by atoms with Crippen LogP contribution in [0.1, 0.15) is 25.3 Å². The van der Waals surface area contributed by atoms with E-state index in [1.165, 1.54) is 11.8 Å². The molecule has 1 aliphatic rings. The van der Waals surface area contributed by atoms with E-state index in [2.05, 4.69) is 14.8 Å². The van der Waals surface area contributed by atoms with Crippen molar-refractivity contribution in [2.75, 3.05) is 20.8 Å². The van der Waals surface area contributed by atoms with Crippen molar-refractivity contribution in [3.05, 3.63) is 35.9 Å². The summed E-state index contributed by atoms with van der Waals surface area (Å²) < 4.78 is 14.6. The first-order valence-corrected chi connectivity index (χ1v) is 10.4. The van der Waals surface area contributed by atoms with Crippen molar-refractivity contribution in [3.63, 3.8) is 0 Å². The highest BCUT2D eigenvalue weighted by Gasteiger charge is 2.43. The van der Waals surface area contributed by atoms with Gasteiger partial charge in [0.05, 0.1) is 14.2 Å². The molecule has 0 aromatic heterocycles. The van der Waals surface area contributed by atoms with Crippen LogP contribution in [0.25, 0.3) is 0 Å². The number of methoxy groups -OCH3 is 2. The number of amides is 3. The lowest BCUT2D eigenvalue weighted by atomic mass is 9.86. The first kappa shape index (κ1) is 25.6. The number of nitrogens with one attached hydrogen (secondary N) is 1. The van der Waals surface area contributed by atoms with Gasteiger partial charge in [-0.2, -0.15) is 0 Å². The van der Waals surface area contributed by atoms with Crippen LogP contribution in [0.3, 0.4) is 0 Å². The number of carbonyl (C=O) groups is 5. The van der Waals surface area contributed by atoms with Gasteiger partial charge in [0.2, 0.25) is 11.8 Å². The van der Waals surface area contributed by atoms with Crippen LogP contribution in [0.5, 0.6) is 0 Å². The Bertz CT molecular complexity index is 860. The Morgan fingerprint density at radius 2 is 1.70 bits per heavy atom. The van der Waals surface area contributed by atoms with Crippen LogP contribution in [0.15, 0.2) is 30.3 Å². The van der Waals surface area contributed by atoms with Crippen molar-refractivity contribution < 1.29 is 38.2 Å². The molecule has 1 aliphatic heterocycles. The largest absolute Gasteiger partial charge is 0.468 e. The van der Waals surface area contributed by atoms with Gasteiger partial charge in [-0.15, -0.1) is 0 Å². The zero-order valence-electron chi connectivity index (χ0n) is 18.8. The van der Waals surface area contributed by atoms with Gasteiger partial charge in [0.15, 0.2) is 5.92 Å². The van der Waals surface area contributed by atoms with E-state index in [9.17, 15) is 24.0 Å². The molecule has 0 saturated carbocycles. The molecule has 33 heavy (non-hydrogen) atoms. The third-order valence-electron chi connectivity index (χ3n) is 5.56. The number of hydrogen-bond acceptors (Lipinski definition) is 8. The quantitative estimate of drug-likeness (QED) is 0.302. The molecule has 11 nitrogen and oxygen atoms in total. The molecule has 0 radical (unpaired) electrons. The molecule has 180 valence electrons. The van der Waals surface area contributed by atoms with Gasteiger partial charge in [-0.05, 0) is 18.4 Å². The van der Waals surface area contributed by atoms with Gasteiger partial charge in [0.25, 0.3) is 0 Å². The first-order chi connectivity index (χ1) is 15.7. The van der Waals surface area contributed by atoms with Gasteiger partial charge in [0, 0.05) is 12.5 Å². The maximum absolute atomic E-state index is 13.0. The van der Waals surface area contributed by atoms with E-state index in [0.29, 0.717) is 19.4 Å². The van der Waals surface area contributed by atoms with Crippen molar-refractivity contribution in [2.24, 2.45) is 17.6 Å². The Morgan fingerprint density at radius 1 is 1.09 bits per heavy atom.